The molecule has 17 heavy (non-hydrogen) atoms. The van der Waals surface area contributed by atoms with Crippen molar-refractivity contribution in [3.63, 3.8) is 0 Å². The molecule has 0 aromatic carbocycles. The number of aliphatic carboxylic acids is 3. The average molecular weight is 329 g/mol. The zero-order valence-corrected chi connectivity index (χ0v) is 21.7. The Morgan fingerprint density at radius 1 is 0.882 bits per heavy atom. The van der Waals surface area contributed by atoms with Gasteiger partial charge in [0.2, 0.25) is 0 Å². The topological polar surface area (TPSA) is 141 Å². The Morgan fingerprint density at radius 2 is 1.12 bits per heavy atom. The molecule has 0 aliphatic rings. The van der Waals surface area contributed by atoms with Gasteiger partial charge in [-0.15, -0.1) is 0 Å². The first-order chi connectivity index (χ1) is 5.78. The first kappa shape index (κ1) is 33.0. The maximum atomic E-state index is 10.1. The van der Waals surface area contributed by atoms with Crippen molar-refractivity contribution >= 4 is 17.9 Å². The quantitative estimate of drug-likeness (QED) is 0.494. The van der Waals surface area contributed by atoms with Crippen molar-refractivity contribution in [2.75, 3.05) is 0 Å². The number of carbonyl (C=O) groups is 3. The molecule has 11 heteroatoms. The van der Waals surface area contributed by atoms with Crippen LogP contribution in [0.5, 0.6) is 0 Å². The van der Waals surface area contributed by atoms with Crippen LogP contribution in [0.3, 0.4) is 0 Å². The minimum absolute atomic E-state index is 0. The second-order valence-electron chi connectivity index (χ2n) is 2.42. The zero-order chi connectivity index (χ0) is 10.6. The first-order valence-electron chi connectivity index (χ1n) is 3.11. The van der Waals surface area contributed by atoms with Crippen molar-refractivity contribution in [3.05, 3.63) is 0 Å². The monoisotopic (exact) mass is 329 g/mol. The average Bonchev–Trinajstić information content (AvgIpc) is 1.82. The molecule has 0 rings (SSSR count). The van der Waals surface area contributed by atoms with Crippen LogP contribution < -0.4 is 199 Å². The molecule has 0 bridgehead atoms. The molecular weight excluding hydrogens is 324 g/mol. The van der Waals surface area contributed by atoms with Crippen molar-refractivity contribution < 1.29 is 219 Å². The first-order valence-corrected chi connectivity index (χ1v) is 3.11. The molecule has 74 valence electrons. The second kappa shape index (κ2) is 16.6. The molecule has 0 radical (unpaired) electrons. The predicted octanol–water partition coefficient (Wildman–Crippen LogP) is -17.2. The fourth-order valence-corrected chi connectivity index (χ4v) is 0.684. The minimum Gasteiger partial charge on any atom is -0.550 e. The summed E-state index contributed by atoms with van der Waals surface area (Å²) in [5.41, 5.74) is -2.97. The van der Waals surface area contributed by atoms with Gasteiger partial charge < -0.3 is 34.8 Å². The van der Waals surface area contributed by atoms with Crippen LogP contribution in [0, 0.1) is 0 Å². The Hall–Kier alpha value is 4.28. The number of carboxylic acid groups (broad SMARTS) is 3. The van der Waals surface area contributed by atoms with Crippen LogP contribution in [-0.4, -0.2) is 28.6 Å². The van der Waals surface area contributed by atoms with Gasteiger partial charge in [0.25, 0.3) is 0 Å². The van der Waals surface area contributed by atoms with Crippen LogP contribution in [-0.2, 0) is 14.4 Å². The molecule has 0 saturated carbocycles. The molecule has 0 fully saturated rings. The van der Waals surface area contributed by atoms with Crippen molar-refractivity contribution in [1.29, 1.82) is 0 Å². The Bertz CT molecular complexity index is 244. The van der Waals surface area contributed by atoms with Crippen LogP contribution in [0.2, 0.25) is 0 Å². The third-order valence-corrected chi connectivity index (χ3v) is 1.25. The second-order valence-corrected chi connectivity index (χ2v) is 2.42. The summed E-state index contributed by atoms with van der Waals surface area (Å²) in [6.45, 7) is 0. The molecule has 0 saturated heterocycles. The molecule has 0 atom stereocenters. The summed E-state index contributed by atoms with van der Waals surface area (Å²) in [6, 6.07) is 0. The van der Waals surface area contributed by atoms with Gasteiger partial charge in [-0.25, -0.2) is 0 Å². The molecular formula is C6H5K3NaO7+. The third-order valence-electron chi connectivity index (χ3n) is 1.25. The van der Waals surface area contributed by atoms with Gasteiger partial charge in [0, 0.05) is 24.8 Å². The van der Waals surface area contributed by atoms with Gasteiger partial charge in [-0.3, -0.25) is 0 Å². The van der Waals surface area contributed by atoms with Crippen LogP contribution in [0.1, 0.15) is 12.8 Å². The summed E-state index contributed by atoms with van der Waals surface area (Å²) in [5, 5.41) is 38.9. The summed E-state index contributed by atoms with van der Waals surface area (Å²) >= 11 is 0. The number of hydrogen-bond donors (Lipinski definition) is 1. The predicted molar refractivity (Wildman–Crippen MR) is 29.2 cm³/mol. The molecule has 0 unspecified atom stereocenters. The van der Waals surface area contributed by atoms with Gasteiger partial charge in [0.05, 0.1) is 5.97 Å². The maximum absolute atomic E-state index is 10.1. The van der Waals surface area contributed by atoms with E-state index in [1.54, 1.807) is 0 Å². The van der Waals surface area contributed by atoms with Gasteiger partial charge in [0.15, 0.2) is 0 Å². The molecule has 7 nitrogen and oxygen atoms in total. The summed E-state index contributed by atoms with van der Waals surface area (Å²) < 4.78 is 0. The standard InChI is InChI=1S/C6H8O7.3K.Na/c7-3(8)1-6(13,5(11)12)2-4(9)10;;;;/h13H,1-2H2,(H,7,8)(H,9,10)(H,11,12);;;;/q;4*+1/p-3. The van der Waals surface area contributed by atoms with E-state index in [0.29, 0.717) is 0 Å². The summed E-state index contributed by atoms with van der Waals surface area (Å²) in [6.07, 6.45) is -2.72. The van der Waals surface area contributed by atoms with Gasteiger partial charge >= 0.3 is 184 Å². The van der Waals surface area contributed by atoms with E-state index in [4.69, 9.17) is 5.11 Å². The number of aliphatic hydroxyl groups is 1. The molecule has 0 spiro atoms. The largest absolute Gasteiger partial charge is 1.00 e. The zero-order valence-electron chi connectivity index (χ0n) is 10.3. The van der Waals surface area contributed by atoms with E-state index in [2.05, 4.69) is 0 Å². The smallest absolute Gasteiger partial charge is 0.550 e. The normalized spacial score (nSPS) is 8.29. The molecule has 0 aliphatic heterocycles. The molecule has 0 aromatic heterocycles. The van der Waals surface area contributed by atoms with E-state index in [1.807, 2.05) is 0 Å². The van der Waals surface area contributed by atoms with E-state index < -0.39 is 36.4 Å². The third kappa shape index (κ3) is 16.5. The Kier molecular flexibility index (Phi) is 32.3. The number of carbonyl (C=O) groups excluding carboxylic acids is 3. The SMILES string of the molecule is O=C([O-])CC(O)(CC(=O)[O-])C(=O)[O-].[K+].[K+].[K+].[Na+]. The Balaban J connectivity index is -0.000000120. The van der Waals surface area contributed by atoms with Crippen molar-refractivity contribution in [3.8, 4) is 0 Å². The van der Waals surface area contributed by atoms with Gasteiger partial charge in [-0.05, 0) is 0 Å². The van der Waals surface area contributed by atoms with Gasteiger partial charge in [-0.2, -0.15) is 0 Å². The van der Waals surface area contributed by atoms with Crippen LogP contribution in [0.15, 0.2) is 0 Å². The van der Waals surface area contributed by atoms with Gasteiger partial charge in [-0.1, -0.05) is 0 Å². The number of carboxylic acids is 3. The van der Waals surface area contributed by atoms with E-state index in [-0.39, 0.29) is 184 Å². The van der Waals surface area contributed by atoms with E-state index in [0.717, 1.165) is 0 Å². The molecule has 0 aliphatic carbocycles. The molecule has 0 heterocycles. The molecule has 0 amide bonds. The van der Waals surface area contributed by atoms with Crippen molar-refractivity contribution in [2.45, 2.75) is 18.4 Å². The van der Waals surface area contributed by atoms with Crippen LogP contribution in [0.4, 0.5) is 0 Å². The fraction of sp³-hybridized carbons (Fsp3) is 0.500. The summed E-state index contributed by atoms with van der Waals surface area (Å²) in [4.78, 5) is 30.0. The van der Waals surface area contributed by atoms with E-state index in [1.165, 1.54) is 0 Å². The Labute approximate surface area is 247 Å². The van der Waals surface area contributed by atoms with Gasteiger partial charge in [0.1, 0.15) is 5.60 Å². The minimum atomic E-state index is -2.97. The van der Waals surface area contributed by atoms with Crippen molar-refractivity contribution in [2.24, 2.45) is 0 Å². The van der Waals surface area contributed by atoms with Crippen LogP contribution >= 0.6 is 0 Å². The Morgan fingerprint density at radius 3 is 1.24 bits per heavy atom. The molecule has 0 aromatic rings. The maximum Gasteiger partial charge on any atom is 1.00 e. The molecule has 1 N–H and O–H groups in total. The summed E-state index contributed by atoms with van der Waals surface area (Å²) in [5.74, 6) is -5.98. The van der Waals surface area contributed by atoms with Crippen molar-refractivity contribution in [1.82, 2.24) is 0 Å². The number of hydrogen-bond acceptors (Lipinski definition) is 7. The van der Waals surface area contributed by atoms with E-state index >= 15 is 0 Å². The van der Waals surface area contributed by atoms with E-state index in [9.17, 15) is 29.7 Å². The number of rotatable bonds is 5. The van der Waals surface area contributed by atoms with Crippen LogP contribution in [0.25, 0.3) is 0 Å². The fourth-order valence-electron chi connectivity index (χ4n) is 0.684. The summed E-state index contributed by atoms with van der Waals surface area (Å²) in [7, 11) is 0.